The van der Waals surface area contributed by atoms with Gasteiger partial charge in [0, 0.05) is 11.3 Å². The van der Waals surface area contributed by atoms with Crippen molar-refractivity contribution in [2.75, 3.05) is 5.32 Å². The van der Waals surface area contributed by atoms with Crippen molar-refractivity contribution in [1.82, 2.24) is 15.0 Å². The summed E-state index contributed by atoms with van der Waals surface area (Å²) in [6.07, 6.45) is 0. The number of primary amides is 1. The smallest absolute Gasteiger partial charge is 0.278 e. The first kappa shape index (κ1) is 16.4. The molecule has 0 aliphatic carbocycles. The van der Waals surface area contributed by atoms with Gasteiger partial charge in [0.2, 0.25) is 5.91 Å². The number of nitrogens with two attached hydrogens (primary N) is 1. The van der Waals surface area contributed by atoms with Crippen LogP contribution in [-0.2, 0) is 6.54 Å². The molecule has 3 aromatic rings. The van der Waals surface area contributed by atoms with Crippen molar-refractivity contribution in [2.45, 2.75) is 13.5 Å². The van der Waals surface area contributed by atoms with E-state index in [9.17, 15) is 9.59 Å². The lowest BCUT2D eigenvalue weighted by atomic mass is 10.2. The van der Waals surface area contributed by atoms with Gasteiger partial charge in [-0.1, -0.05) is 41.6 Å². The van der Waals surface area contributed by atoms with Gasteiger partial charge in [0.15, 0.2) is 5.69 Å². The topological polar surface area (TPSA) is 103 Å². The van der Waals surface area contributed by atoms with Crippen molar-refractivity contribution in [3.63, 3.8) is 0 Å². The molecule has 0 radical (unpaired) electrons. The Labute approximate surface area is 144 Å². The largest absolute Gasteiger partial charge is 0.366 e. The zero-order chi connectivity index (χ0) is 17.8. The number of aromatic nitrogens is 3. The number of rotatable bonds is 5. The molecular formula is C18H17N5O2. The number of nitrogens with one attached hydrogen (secondary N) is 1. The van der Waals surface area contributed by atoms with Crippen molar-refractivity contribution in [3.8, 4) is 0 Å². The molecule has 1 heterocycles. The summed E-state index contributed by atoms with van der Waals surface area (Å²) in [4.78, 5) is 23.7. The minimum absolute atomic E-state index is 0.236. The third-order valence-corrected chi connectivity index (χ3v) is 3.78. The number of hydrogen-bond donors (Lipinski definition) is 2. The number of hydrogen-bond acceptors (Lipinski definition) is 4. The van der Waals surface area contributed by atoms with E-state index in [0.717, 1.165) is 5.56 Å². The van der Waals surface area contributed by atoms with Gasteiger partial charge in [-0.2, -0.15) is 0 Å². The van der Waals surface area contributed by atoms with Gasteiger partial charge in [-0.3, -0.25) is 9.59 Å². The van der Waals surface area contributed by atoms with E-state index >= 15 is 0 Å². The average molecular weight is 335 g/mol. The molecule has 7 heteroatoms. The zero-order valence-corrected chi connectivity index (χ0v) is 13.6. The summed E-state index contributed by atoms with van der Waals surface area (Å²) in [7, 11) is 0. The van der Waals surface area contributed by atoms with Gasteiger partial charge < -0.3 is 11.1 Å². The lowest BCUT2D eigenvalue weighted by Crippen LogP contribution is -2.16. The fourth-order valence-electron chi connectivity index (χ4n) is 2.42. The molecule has 0 aliphatic rings. The third kappa shape index (κ3) is 3.72. The minimum atomic E-state index is -0.555. The van der Waals surface area contributed by atoms with Crippen LogP contribution in [0.3, 0.4) is 0 Å². The summed E-state index contributed by atoms with van der Waals surface area (Å²) in [5.74, 6) is -0.945. The maximum absolute atomic E-state index is 12.4. The number of anilines is 1. The lowest BCUT2D eigenvalue weighted by molar-refractivity contribution is 0.0995. The predicted octanol–water partition coefficient (Wildman–Crippen LogP) is 1.99. The molecule has 0 bridgehead atoms. The Hall–Kier alpha value is -3.48. The van der Waals surface area contributed by atoms with Gasteiger partial charge in [0.25, 0.3) is 5.91 Å². The van der Waals surface area contributed by atoms with Gasteiger partial charge in [0.1, 0.15) is 0 Å². The molecule has 7 nitrogen and oxygen atoms in total. The molecule has 0 atom stereocenters. The maximum Gasteiger partial charge on any atom is 0.278 e. The molecular weight excluding hydrogens is 318 g/mol. The molecule has 0 saturated carbocycles. The molecule has 0 saturated heterocycles. The standard InChI is InChI=1S/C18H17N5O2/c1-12-16(21-22-23(12)11-13-6-3-2-4-7-13)18(25)20-15-9-5-8-14(10-15)17(19)24/h2-10H,11H2,1H3,(H2,19,24)(H,20,25). The number of carbonyl (C=O) groups excluding carboxylic acids is 2. The predicted molar refractivity (Wildman–Crippen MR) is 93.2 cm³/mol. The number of carbonyl (C=O) groups is 2. The molecule has 0 fully saturated rings. The van der Waals surface area contributed by atoms with Gasteiger partial charge in [-0.15, -0.1) is 5.10 Å². The molecule has 0 unspecified atom stereocenters. The summed E-state index contributed by atoms with van der Waals surface area (Å²) in [5, 5.41) is 10.7. The molecule has 0 aliphatic heterocycles. The summed E-state index contributed by atoms with van der Waals surface area (Å²) < 4.78 is 1.67. The Morgan fingerprint density at radius 3 is 2.60 bits per heavy atom. The van der Waals surface area contributed by atoms with Crippen molar-refractivity contribution >= 4 is 17.5 Å². The highest BCUT2D eigenvalue weighted by Crippen LogP contribution is 2.13. The SMILES string of the molecule is Cc1c(C(=O)Nc2cccc(C(N)=O)c2)nnn1Cc1ccccc1. The van der Waals surface area contributed by atoms with Crippen LogP contribution in [-0.4, -0.2) is 26.8 Å². The summed E-state index contributed by atoms with van der Waals surface area (Å²) in [6.45, 7) is 2.32. The van der Waals surface area contributed by atoms with Gasteiger partial charge in [-0.25, -0.2) is 4.68 Å². The van der Waals surface area contributed by atoms with Crippen LogP contribution in [0.4, 0.5) is 5.69 Å². The minimum Gasteiger partial charge on any atom is -0.366 e. The van der Waals surface area contributed by atoms with E-state index in [2.05, 4.69) is 15.6 Å². The quantitative estimate of drug-likeness (QED) is 0.744. The molecule has 2 aromatic carbocycles. The number of amides is 2. The summed E-state index contributed by atoms with van der Waals surface area (Å²) in [6, 6.07) is 16.2. The second-order valence-electron chi connectivity index (χ2n) is 5.57. The Balaban J connectivity index is 1.77. The Morgan fingerprint density at radius 2 is 1.88 bits per heavy atom. The summed E-state index contributed by atoms with van der Waals surface area (Å²) in [5.41, 5.74) is 8.00. The molecule has 2 amide bonds. The Kier molecular flexibility index (Phi) is 4.56. The molecule has 1 aromatic heterocycles. The second-order valence-corrected chi connectivity index (χ2v) is 5.57. The zero-order valence-electron chi connectivity index (χ0n) is 13.6. The molecule has 3 rings (SSSR count). The highest BCUT2D eigenvalue weighted by atomic mass is 16.2. The number of benzene rings is 2. The first-order valence-corrected chi connectivity index (χ1v) is 7.70. The fraction of sp³-hybridized carbons (Fsp3) is 0.111. The van der Waals surface area contributed by atoms with Crippen molar-refractivity contribution in [2.24, 2.45) is 5.73 Å². The highest BCUT2D eigenvalue weighted by Gasteiger charge is 2.17. The monoisotopic (exact) mass is 335 g/mol. The molecule has 25 heavy (non-hydrogen) atoms. The average Bonchev–Trinajstić information content (AvgIpc) is 2.97. The van der Waals surface area contributed by atoms with Crippen LogP contribution in [0.5, 0.6) is 0 Å². The first-order valence-electron chi connectivity index (χ1n) is 7.70. The van der Waals surface area contributed by atoms with E-state index in [1.165, 1.54) is 6.07 Å². The van der Waals surface area contributed by atoms with Crippen LogP contribution in [0.1, 0.15) is 32.1 Å². The fourth-order valence-corrected chi connectivity index (χ4v) is 2.42. The van der Waals surface area contributed by atoms with E-state index in [4.69, 9.17) is 5.73 Å². The van der Waals surface area contributed by atoms with E-state index in [-0.39, 0.29) is 5.69 Å². The van der Waals surface area contributed by atoms with Crippen LogP contribution >= 0.6 is 0 Å². The maximum atomic E-state index is 12.4. The molecule has 126 valence electrons. The van der Waals surface area contributed by atoms with E-state index < -0.39 is 11.8 Å². The highest BCUT2D eigenvalue weighted by molar-refractivity contribution is 6.04. The van der Waals surface area contributed by atoms with Crippen LogP contribution in [0, 0.1) is 6.92 Å². The van der Waals surface area contributed by atoms with Crippen LogP contribution in [0.2, 0.25) is 0 Å². The number of nitrogens with zero attached hydrogens (tertiary/aromatic N) is 3. The van der Waals surface area contributed by atoms with Crippen molar-refractivity contribution < 1.29 is 9.59 Å². The van der Waals surface area contributed by atoms with E-state index in [1.54, 1.807) is 29.8 Å². The molecule has 0 spiro atoms. The van der Waals surface area contributed by atoms with Gasteiger partial charge >= 0.3 is 0 Å². The van der Waals surface area contributed by atoms with Crippen molar-refractivity contribution in [3.05, 3.63) is 77.1 Å². The Morgan fingerprint density at radius 1 is 1.12 bits per heavy atom. The normalized spacial score (nSPS) is 10.4. The summed E-state index contributed by atoms with van der Waals surface area (Å²) >= 11 is 0. The van der Waals surface area contributed by atoms with Crippen LogP contribution in [0.25, 0.3) is 0 Å². The molecule has 3 N–H and O–H groups in total. The second kappa shape index (κ2) is 6.96. The van der Waals surface area contributed by atoms with Crippen LogP contribution in [0.15, 0.2) is 54.6 Å². The van der Waals surface area contributed by atoms with Gasteiger partial charge in [-0.05, 0) is 30.7 Å². The Bertz CT molecular complexity index is 918. The van der Waals surface area contributed by atoms with E-state index in [1.807, 2.05) is 30.3 Å². The van der Waals surface area contributed by atoms with Gasteiger partial charge in [0.05, 0.1) is 12.2 Å². The third-order valence-electron chi connectivity index (χ3n) is 3.78. The van der Waals surface area contributed by atoms with Crippen molar-refractivity contribution in [1.29, 1.82) is 0 Å². The van der Waals surface area contributed by atoms with E-state index in [0.29, 0.717) is 23.5 Å². The first-order chi connectivity index (χ1) is 12.0. The lowest BCUT2D eigenvalue weighted by Gasteiger charge is -2.06. The van der Waals surface area contributed by atoms with Crippen LogP contribution < -0.4 is 11.1 Å².